The molecule has 2 aromatic rings. The third-order valence-corrected chi connectivity index (χ3v) is 4.26. The Morgan fingerprint density at radius 3 is 2.36 bits per heavy atom. The number of carbonyl (C=O) groups is 2. The van der Waals surface area contributed by atoms with Crippen molar-refractivity contribution in [2.45, 2.75) is 25.4 Å². The van der Waals surface area contributed by atoms with Crippen molar-refractivity contribution in [1.29, 1.82) is 0 Å². The summed E-state index contributed by atoms with van der Waals surface area (Å²) in [6.45, 7) is 1.70. The van der Waals surface area contributed by atoms with Crippen LogP contribution in [0, 0.1) is 5.82 Å². The first kappa shape index (κ1) is 18.9. The summed E-state index contributed by atoms with van der Waals surface area (Å²) in [6, 6.07) is 11.7. The Hall–Kier alpha value is -2.41. The molecule has 5 nitrogen and oxygen atoms in total. The minimum Gasteiger partial charge on any atom is -0.352 e. The molecule has 0 aromatic heterocycles. The first-order chi connectivity index (χ1) is 11.9. The predicted molar refractivity (Wildman–Crippen MR) is 97.2 cm³/mol. The molecule has 4 N–H and O–H groups in total. The zero-order valence-corrected chi connectivity index (χ0v) is 15.2. The van der Waals surface area contributed by atoms with Crippen molar-refractivity contribution in [3.63, 3.8) is 0 Å². The zero-order chi connectivity index (χ0) is 18.4. The van der Waals surface area contributed by atoms with Crippen molar-refractivity contribution in [2.75, 3.05) is 0 Å². The van der Waals surface area contributed by atoms with Crippen molar-refractivity contribution in [3.05, 3.63) is 69.9 Å². The average molecular weight is 408 g/mol. The van der Waals surface area contributed by atoms with Crippen LogP contribution in [0.25, 0.3) is 0 Å². The second-order valence-electron chi connectivity index (χ2n) is 5.63. The van der Waals surface area contributed by atoms with Gasteiger partial charge in [-0.25, -0.2) is 9.18 Å². The number of urea groups is 1. The molecule has 2 rings (SSSR count). The first-order valence-corrected chi connectivity index (χ1v) is 8.51. The third kappa shape index (κ3) is 5.56. The molecular weight excluding hydrogens is 389 g/mol. The van der Waals surface area contributed by atoms with Crippen LogP contribution in [0.4, 0.5) is 9.18 Å². The number of carbonyl (C=O) groups excluding carboxylic acids is 2. The predicted octanol–water partition coefficient (Wildman–Crippen LogP) is 3.57. The second kappa shape index (κ2) is 8.62. The van der Waals surface area contributed by atoms with Gasteiger partial charge in [0, 0.05) is 10.0 Å². The van der Waals surface area contributed by atoms with Crippen molar-refractivity contribution in [3.8, 4) is 0 Å². The molecule has 0 spiro atoms. The van der Waals surface area contributed by atoms with Gasteiger partial charge in [0.05, 0.1) is 18.5 Å². The molecule has 0 fully saturated rings. The molecule has 2 atom stereocenters. The molecule has 0 unspecified atom stereocenters. The lowest BCUT2D eigenvalue weighted by molar-refractivity contribution is -0.122. The van der Waals surface area contributed by atoms with Gasteiger partial charge in [0.15, 0.2) is 0 Å². The van der Waals surface area contributed by atoms with E-state index in [-0.39, 0.29) is 18.1 Å². The number of rotatable bonds is 6. The fourth-order valence-corrected chi connectivity index (χ4v) is 2.77. The van der Waals surface area contributed by atoms with Crippen LogP contribution < -0.4 is 16.4 Å². The average Bonchev–Trinajstić information content (AvgIpc) is 2.54. The molecule has 2 aromatic carbocycles. The number of hydrogen-bond donors (Lipinski definition) is 3. The van der Waals surface area contributed by atoms with E-state index in [1.165, 1.54) is 6.07 Å². The van der Waals surface area contributed by atoms with Crippen LogP contribution in [0.15, 0.2) is 53.0 Å². The Morgan fingerprint density at radius 2 is 1.76 bits per heavy atom. The van der Waals surface area contributed by atoms with Crippen LogP contribution in [0.1, 0.15) is 36.6 Å². The Kier molecular flexibility index (Phi) is 6.52. The molecule has 3 amide bonds. The minimum absolute atomic E-state index is 0.0106. The fraction of sp³-hybridized carbons (Fsp3) is 0.222. The highest BCUT2D eigenvalue weighted by atomic mass is 79.9. The summed E-state index contributed by atoms with van der Waals surface area (Å²) in [5.41, 5.74) is 6.36. The van der Waals surface area contributed by atoms with E-state index in [4.69, 9.17) is 5.73 Å². The minimum atomic E-state index is -0.720. The molecule has 0 radical (unpaired) electrons. The largest absolute Gasteiger partial charge is 0.352 e. The second-order valence-corrected chi connectivity index (χ2v) is 6.54. The molecule has 132 valence electrons. The molecule has 7 heteroatoms. The molecule has 25 heavy (non-hydrogen) atoms. The summed E-state index contributed by atoms with van der Waals surface area (Å²) in [5.74, 6) is -0.701. The molecule has 0 aliphatic carbocycles. The number of hydrogen-bond acceptors (Lipinski definition) is 2. The zero-order valence-electron chi connectivity index (χ0n) is 13.6. The summed E-state index contributed by atoms with van der Waals surface area (Å²) in [5, 5.41) is 5.30. The van der Waals surface area contributed by atoms with Crippen molar-refractivity contribution in [2.24, 2.45) is 5.73 Å². The van der Waals surface area contributed by atoms with Gasteiger partial charge in [0.25, 0.3) is 0 Å². The normalized spacial score (nSPS) is 12.9. The Balaban J connectivity index is 2.07. The lowest BCUT2D eigenvalue weighted by Crippen LogP contribution is -2.37. The van der Waals surface area contributed by atoms with E-state index in [0.717, 1.165) is 10.0 Å². The van der Waals surface area contributed by atoms with Crippen molar-refractivity contribution >= 4 is 27.9 Å². The maximum atomic E-state index is 13.8. The van der Waals surface area contributed by atoms with Gasteiger partial charge in [0.1, 0.15) is 5.82 Å². The van der Waals surface area contributed by atoms with Gasteiger partial charge in [-0.15, -0.1) is 0 Å². The first-order valence-electron chi connectivity index (χ1n) is 7.72. The van der Waals surface area contributed by atoms with Gasteiger partial charge < -0.3 is 16.4 Å². The number of nitrogens with one attached hydrogen (secondary N) is 2. The van der Waals surface area contributed by atoms with Crippen LogP contribution >= 0.6 is 15.9 Å². The molecule has 0 bridgehead atoms. The van der Waals surface area contributed by atoms with Crippen LogP contribution in [0.3, 0.4) is 0 Å². The van der Waals surface area contributed by atoms with Crippen molar-refractivity contribution in [1.82, 2.24) is 10.6 Å². The summed E-state index contributed by atoms with van der Waals surface area (Å²) in [7, 11) is 0. The maximum Gasteiger partial charge on any atom is 0.312 e. The van der Waals surface area contributed by atoms with Crippen LogP contribution in [0.5, 0.6) is 0 Å². The van der Waals surface area contributed by atoms with E-state index in [2.05, 4.69) is 26.6 Å². The van der Waals surface area contributed by atoms with E-state index in [0.29, 0.717) is 5.56 Å². The lowest BCUT2D eigenvalue weighted by Gasteiger charge is -2.20. The number of primary amides is 1. The van der Waals surface area contributed by atoms with E-state index in [1.54, 1.807) is 37.3 Å². The Labute approximate surface area is 153 Å². The summed E-state index contributed by atoms with van der Waals surface area (Å²) in [6.07, 6.45) is -0.0106. The number of halogens is 2. The highest BCUT2D eigenvalue weighted by Gasteiger charge is 2.20. The van der Waals surface area contributed by atoms with Gasteiger partial charge in [-0.05, 0) is 30.7 Å². The standard InChI is InChI=1S/C18H19BrFN3O2/c1-11(14-4-2-3-5-15(14)20)22-17(24)10-16(23-18(21)25)12-6-8-13(19)9-7-12/h2-9,11,16H,10H2,1H3,(H,22,24)(H3,21,23,25)/t11-,16-/m1/s1. The van der Waals surface area contributed by atoms with E-state index in [9.17, 15) is 14.0 Å². The molecular formula is C18H19BrFN3O2. The quantitative estimate of drug-likeness (QED) is 0.683. The van der Waals surface area contributed by atoms with Gasteiger partial charge in [-0.1, -0.05) is 46.3 Å². The van der Waals surface area contributed by atoms with E-state index < -0.39 is 18.1 Å². The highest BCUT2D eigenvalue weighted by Crippen LogP contribution is 2.21. The number of benzene rings is 2. The lowest BCUT2D eigenvalue weighted by atomic mass is 10.0. The topological polar surface area (TPSA) is 84.2 Å². The monoisotopic (exact) mass is 407 g/mol. The summed E-state index contributed by atoms with van der Waals surface area (Å²) >= 11 is 3.33. The van der Waals surface area contributed by atoms with Gasteiger partial charge in [-0.2, -0.15) is 0 Å². The number of nitrogens with two attached hydrogens (primary N) is 1. The highest BCUT2D eigenvalue weighted by molar-refractivity contribution is 9.10. The van der Waals surface area contributed by atoms with E-state index in [1.807, 2.05) is 12.1 Å². The van der Waals surface area contributed by atoms with Crippen LogP contribution in [-0.2, 0) is 4.79 Å². The molecule has 0 aliphatic rings. The van der Waals surface area contributed by atoms with Gasteiger partial charge in [0.2, 0.25) is 5.91 Å². The molecule has 0 aliphatic heterocycles. The number of amides is 3. The smallest absolute Gasteiger partial charge is 0.312 e. The molecule has 0 saturated carbocycles. The van der Waals surface area contributed by atoms with E-state index >= 15 is 0 Å². The summed E-state index contributed by atoms with van der Waals surface area (Å²) in [4.78, 5) is 23.6. The molecule has 0 saturated heterocycles. The Bertz CT molecular complexity index is 752. The molecule has 0 heterocycles. The summed E-state index contributed by atoms with van der Waals surface area (Å²) < 4.78 is 14.7. The SMILES string of the molecule is C[C@@H](NC(=O)C[C@@H](NC(N)=O)c1ccc(Br)cc1)c1ccccc1F. The van der Waals surface area contributed by atoms with Gasteiger partial charge in [-0.3, -0.25) is 4.79 Å². The van der Waals surface area contributed by atoms with Crippen LogP contribution in [-0.4, -0.2) is 11.9 Å². The van der Waals surface area contributed by atoms with Gasteiger partial charge >= 0.3 is 6.03 Å². The van der Waals surface area contributed by atoms with Crippen LogP contribution in [0.2, 0.25) is 0 Å². The Morgan fingerprint density at radius 1 is 1.12 bits per heavy atom. The third-order valence-electron chi connectivity index (χ3n) is 3.73. The fourth-order valence-electron chi connectivity index (χ4n) is 2.51. The maximum absolute atomic E-state index is 13.8. The van der Waals surface area contributed by atoms with Crippen molar-refractivity contribution < 1.29 is 14.0 Å².